The second-order valence-electron chi connectivity index (χ2n) is 6.68. The van der Waals surface area contributed by atoms with E-state index in [9.17, 15) is 9.90 Å². The summed E-state index contributed by atoms with van der Waals surface area (Å²) in [5, 5.41) is 18.2. The van der Waals surface area contributed by atoms with E-state index in [1.165, 1.54) is 0 Å². The van der Waals surface area contributed by atoms with E-state index in [1.54, 1.807) is 25.3 Å². The zero-order valence-electron chi connectivity index (χ0n) is 16.2. The fourth-order valence-electron chi connectivity index (χ4n) is 3.39. The van der Waals surface area contributed by atoms with Crippen LogP contribution in [0.25, 0.3) is 28.3 Å². The summed E-state index contributed by atoms with van der Waals surface area (Å²) in [4.78, 5) is 16.2. The quantitative estimate of drug-likeness (QED) is 0.545. The standard InChI is InChI=1S/C23H20N4O2/c1-3-21-25-26-22(27(21)20-11-7-10-18(15(20)2)23(28)29)17-12-13-19(24-14-17)16-8-5-4-6-9-16/h4-14H,3H2,1-2H3,(H,28,29). The van der Waals surface area contributed by atoms with E-state index in [2.05, 4.69) is 15.2 Å². The van der Waals surface area contributed by atoms with Crippen LogP contribution in [0.1, 0.15) is 28.7 Å². The molecule has 144 valence electrons. The number of carbonyl (C=O) groups is 1. The van der Waals surface area contributed by atoms with Crippen LogP contribution in [-0.2, 0) is 6.42 Å². The zero-order valence-corrected chi connectivity index (χ0v) is 16.2. The van der Waals surface area contributed by atoms with E-state index in [1.807, 2.05) is 60.0 Å². The average Bonchev–Trinajstić information content (AvgIpc) is 3.18. The largest absolute Gasteiger partial charge is 0.478 e. The van der Waals surface area contributed by atoms with Crippen molar-refractivity contribution in [3.8, 4) is 28.3 Å². The summed E-state index contributed by atoms with van der Waals surface area (Å²) in [6.07, 6.45) is 2.44. The Morgan fingerprint density at radius 3 is 2.41 bits per heavy atom. The van der Waals surface area contributed by atoms with Crippen molar-refractivity contribution >= 4 is 5.97 Å². The third kappa shape index (κ3) is 3.40. The summed E-state index contributed by atoms with van der Waals surface area (Å²) in [6, 6.07) is 19.1. The fourth-order valence-corrected chi connectivity index (χ4v) is 3.39. The van der Waals surface area contributed by atoms with Crippen LogP contribution >= 0.6 is 0 Å². The molecule has 2 aromatic carbocycles. The van der Waals surface area contributed by atoms with E-state index >= 15 is 0 Å². The Labute approximate surface area is 168 Å². The van der Waals surface area contributed by atoms with E-state index in [0.717, 1.165) is 28.3 Å². The number of carboxylic acids is 1. The highest BCUT2D eigenvalue weighted by molar-refractivity contribution is 5.90. The van der Waals surface area contributed by atoms with Crippen molar-refractivity contribution in [3.05, 3.63) is 83.8 Å². The van der Waals surface area contributed by atoms with E-state index in [4.69, 9.17) is 0 Å². The van der Waals surface area contributed by atoms with E-state index in [-0.39, 0.29) is 5.56 Å². The van der Waals surface area contributed by atoms with Gasteiger partial charge in [-0.25, -0.2) is 4.79 Å². The van der Waals surface area contributed by atoms with Gasteiger partial charge in [-0.1, -0.05) is 43.3 Å². The molecule has 2 heterocycles. The SMILES string of the molecule is CCc1nnc(-c2ccc(-c3ccccc3)nc2)n1-c1cccc(C(=O)O)c1C. The maximum Gasteiger partial charge on any atom is 0.336 e. The summed E-state index contributed by atoms with van der Waals surface area (Å²) < 4.78 is 1.92. The molecule has 0 aliphatic carbocycles. The smallest absolute Gasteiger partial charge is 0.336 e. The van der Waals surface area contributed by atoms with Crippen molar-refractivity contribution in [3.63, 3.8) is 0 Å². The Kier molecular flexibility index (Phi) is 4.91. The molecule has 0 unspecified atom stereocenters. The van der Waals surface area contributed by atoms with Crippen LogP contribution in [0.15, 0.2) is 66.9 Å². The second-order valence-corrected chi connectivity index (χ2v) is 6.68. The molecule has 2 aromatic heterocycles. The molecule has 29 heavy (non-hydrogen) atoms. The van der Waals surface area contributed by atoms with Crippen molar-refractivity contribution in [1.82, 2.24) is 19.7 Å². The number of rotatable bonds is 5. The molecule has 0 spiro atoms. The molecular formula is C23H20N4O2. The third-order valence-electron chi connectivity index (χ3n) is 4.91. The summed E-state index contributed by atoms with van der Waals surface area (Å²) in [5.74, 6) is 0.447. The van der Waals surface area contributed by atoms with Gasteiger partial charge in [-0.15, -0.1) is 10.2 Å². The van der Waals surface area contributed by atoms with Crippen LogP contribution in [0.3, 0.4) is 0 Å². The first-order valence-electron chi connectivity index (χ1n) is 9.39. The summed E-state index contributed by atoms with van der Waals surface area (Å²) in [5.41, 5.74) is 4.43. The van der Waals surface area contributed by atoms with Crippen LogP contribution in [0.2, 0.25) is 0 Å². The maximum atomic E-state index is 11.6. The Hall–Kier alpha value is -3.80. The minimum atomic E-state index is -0.953. The molecule has 0 aliphatic heterocycles. The van der Waals surface area contributed by atoms with Gasteiger partial charge in [0.15, 0.2) is 5.82 Å². The summed E-state index contributed by atoms with van der Waals surface area (Å²) in [6.45, 7) is 3.80. The van der Waals surface area contributed by atoms with E-state index in [0.29, 0.717) is 17.8 Å². The highest BCUT2D eigenvalue weighted by Gasteiger charge is 2.19. The summed E-state index contributed by atoms with van der Waals surface area (Å²) >= 11 is 0. The first kappa shape index (κ1) is 18.6. The predicted molar refractivity (Wildman–Crippen MR) is 111 cm³/mol. The van der Waals surface area contributed by atoms with Gasteiger partial charge in [-0.05, 0) is 36.8 Å². The number of carboxylic acid groups (broad SMARTS) is 1. The Morgan fingerprint density at radius 2 is 1.76 bits per heavy atom. The Bertz CT molecular complexity index is 1170. The van der Waals surface area contributed by atoms with Crippen molar-refractivity contribution in [1.29, 1.82) is 0 Å². The molecule has 0 saturated carbocycles. The van der Waals surface area contributed by atoms with Gasteiger partial charge in [0.05, 0.1) is 16.9 Å². The van der Waals surface area contributed by atoms with Gasteiger partial charge < -0.3 is 5.11 Å². The van der Waals surface area contributed by atoms with Crippen LogP contribution < -0.4 is 0 Å². The van der Waals surface area contributed by atoms with Crippen LogP contribution in [-0.4, -0.2) is 30.8 Å². The molecule has 4 rings (SSSR count). The van der Waals surface area contributed by atoms with Gasteiger partial charge in [0.1, 0.15) is 5.82 Å². The zero-order chi connectivity index (χ0) is 20.4. The molecule has 0 fully saturated rings. The first-order chi connectivity index (χ1) is 14.1. The molecular weight excluding hydrogens is 364 g/mol. The number of aromatic nitrogens is 4. The number of aromatic carboxylic acids is 1. The van der Waals surface area contributed by atoms with Crippen molar-refractivity contribution in [2.75, 3.05) is 0 Å². The highest BCUT2D eigenvalue weighted by atomic mass is 16.4. The lowest BCUT2D eigenvalue weighted by Gasteiger charge is -2.14. The van der Waals surface area contributed by atoms with Crippen molar-refractivity contribution in [2.45, 2.75) is 20.3 Å². The monoisotopic (exact) mass is 384 g/mol. The minimum absolute atomic E-state index is 0.266. The molecule has 0 atom stereocenters. The van der Waals surface area contributed by atoms with Crippen LogP contribution in [0.4, 0.5) is 0 Å². The van der Waals surface area contributed by atoms with Crippen LogP contribution in [0, 0.1) is 6.92 Å². The molecule has 0 amide bonds. The third-order valence-corrected chi connectivity index (χ3v) is 4.91. The highest BCUT2D eigenvalue weighted by Crippen LogP contribution is 2.27. The van der Waals surface area contributed by atoms with Gasteiger partial charge in [-0.3, -0.25) is 9.55 Å². The number of hydrogen-bond acceptors (Lipinski definition) is 4. The molecule has 0 saturated heterocycles. The molecule has 0 radical (unpaired) electrons. The number of pyridine rings is 1. The first-order valence-corrected chi connectivity index (χ1v) is 9.39. The Morgan fingerprint density at radius 1 is 0.966 bits per heavy atom. The van der Waals surface area contributed by atoms with Gasteiger partial charge in [0.25, 0.3) is 0 Å². The number of benzene rings is 2. The number of aryl methyl sites for hydroxylation is 1. The van der Waals surface area contributed by atoms with Crippen molar-refractivity contribution < 1.29 is 9.90 Å². The topological polar surface area (TPSA) is 80.9 Å². The fraction of sp³-hybridized carbons (Fsp3) is 0.130. The normalized spacial score (nSPS) is 10.8. The van der Waals surface area contributed by atoms with Gasteiger partial charge >= 0.3 is 5.97 Å². The average molecular weight is 384 g/mol. The maximum absolute atomic E-state index is 11.6. The molecule has 6 heteroatoms. The lowest BCUT2D eigenvalue weighted by Crippen LogP contribution is -2.08. The van der Waals surface area contributed by atoms with Crippen molar-refractivity contribution in [2.24, 2.45) is 0 Å². The Balaban J connectivity index is 1.82. The molecule has 6 nitrogen and oxygen atoms in total. The minimum Gasteiger partial charge on any atom is -0.478 e. The molecule has 1 N–H and O–H groups in total. The van der Waals surface area contributed by atoms with E-state index < -0.39 is 5.97 Å². The van der Waals surface area contributed by atoms with Gasteiger partial charge in [0, 0.05) is 23.7 Å². The van der Waals surface area contributed by atoms with Gasteiger partial charge in [0.2, 0.25) is 0 Å². The number of nitrogens with zero attached hydrogens (tertiary/aromatic N) is 4. The second kappa shape index (κ2) is 7.67. The lowest BCUT2D eigenvalue weighted by atomic mass is 10.1. The van der Waals surface area contributed by atoms with Crippen LogP contribution in [0.5, 0.6) is 0 Å². The lowest BCUT2D eigenvalue weighted by molar-refractivity contribution is 0.0696. The molecule has 0 bridgehead atoms. The summed E-state index contributed by atoms with van der Waals surface area (Å²) in [7, 11) is 0. The predicted octanol–water partition coefficient (Wildman–Crippen LogP) is 4.57. The van der Waals surface area contributed by atoms with Gasteiger partial charge in [-0.2, -0.15) is 0 Å². The number of hydrogen-bond donors (Lipinski definition) is 1. The molecule has 0 aliphatic rings. The molecule has 4 aromatic rings.